The second kappa shape index (κ2) is 7.94. The standard InChI is InChI=1S/C17H18ClN3O3S2/c1-2-8-21-16(13-7-9-26(23,24)11-13)19-20-17(21)25-10-15(22)12-3-5-14(18)6-4-12/h2-6,13H,1,7-11H2. The fraction of sp³-hybridized carbons (Fsp3) is 0.353. The first kappa shape index (κ1) is 19.1. The summed E-state index contributed by atoms with van der Waals surface area (Å²) < 4.78 is 25.3. The molecule has 6 nitrogen and oxygen atoms in total. The van der Waals surface area contributed by atoms with Crippen LogP contribution in [0.4, 0.5) is 0 Å². The average Bonchev–Trinajstić information content (AvgIpc) is 3.16. The van der Waals surface area contributed by atoms with Crippen molar-refractivity contribution in [2.24, 2.45) is 0 Å². The zero-order valence-corrected chi connectivity index (χ0v) is 16.4. The summed E-state index contributed by atoms with van der Waals surface area (Å²) in [6.45, 7) is 4.21. The lowest BCUT2D eigenvalue weighted by Crippen LogP contribution is -2.11. The Kier molecular flexibility index (Phi) is 5.84. The summed E-state index contributed by atoms with van der Waals surface area (Å²) in [6.07, 6.45) is 2.26. The third kappa shape index (κ3) is 4.36. The predicted molar refractivity (Wildman–Crippen MR) is 103 cm³/mol. The van der Waals surface area contributed by atoms with Crippen LogP contribution in [0.15, 0.2) is 42.1 Å². The summed E-state index contributed by atoms with van der Waals surface area (Å²) in [4.78, 5) is 12.3. The van der Waals surface area contributed by atoms with Crippen LogP contribution in [0, 0.1) is 0 Å². The molecule has 0 N–H and O–H groups in total. The van der Waals surface area contributed by atoms with E-state index in [1.807, 2.05) is 4.57 Å². The fourth-order valence-corrected chi connectivity index (χ4v) is 5.57. The topological polar surface area (TPSA) is 81.9 Å². The number of sulfone groups is 1. The van der Waals surface area contributed by atoms with E-state index < -0.39 is 9.84 Å². The SMILES string of the molecule is C=CCn1c(SCC(=O)c2ccc(Cl)cc2)nnc1C1CCS(=O)(=O)C1. The Hall–Kier alpha value is -1.64. The Morgan fingerprint density at radius 1 is 1.35 bits per heavy atom. The number of allylic oxidation sites excluding steroid dienone is 1. The molecule has 0 saturated carbocycles. The molecule has 2 aromatic rings. The summed E-state index contributed by atoms with van der Waals surface area (Å²) in [5.41, 5.74) is 0.582. The molecule has 9 heteroatoms. The van der Waals surface area contributed by atoms with E-state index >= 15 is 0 Å². The summed E-state index contributed by atoms with van der Waals surface area (Å²) in [6, 6.07) is 6.74. The molecule has 26 heavy (non-hydrogen) atoms. The minimum Gasteiger partial charge on any atom is -0.302 e. The van der Waals surface area contributed by atoms with Crippen molar-refractivity contribution in [2.75, 3.05) is 17.3 Å². The Bertz CT molecular complexity index is 923. The molecule has 1 aromatic heterocycles. The summed E-state index contributed by atoms with van der Waals surface area (Å²) in [5.74, 6) is 0.929. The van der Waals surface area contributed by atoms with E-state index in [2.05, 4.69) is 16.8 Å². The van der Waals surface area contributed by atoms with Gasteiger partial charge in [0.05, 0.1) is 17.3 Å². The van der Waals surface area contributed by atoms with Crippen molar-refractivity contribution in [2.45, 2.75) is 24.0 Å². The number of hydrogen-bond donors (Lipinski definition) is 0. The maximum absolute atomic E-state index is 12.3. The minimum absolute atomic E-state index is 0.0372. The average molecular weight is 412 g/mol. The van der Waals surface area contributed by atoms with Crippen LogP contribution in [0.2, 0.25) is 5.02 Å². The molecule has 1 atom stereocenters. The number of rotatable bonds is 7. The highest BCUT2D eigenvalue weighted by Crippen LogP contribution is 2.30. The van der Waals surface area contributed by atoms with Crippen molar-refractivity contribution in [3.8, 4) is 0 Å². The number of carbonyl (C=O) groups excluding carboxylic acids is 1. The lowest BCUT2D eigenvalue weighted by atomic mass is 10.1. The van der Waals surface area contributed by atoms with E-state index in [9.17, 15) is 13.2 Å². The van der Waals surface area contributed by atoms with Crippen LogP contribution in [0.5, 0.6) is 0 Å². The van der Waals surface area contributed by atoms with Crippen LogP contribution >= 0.6 is 23.4 Å². The second-order valence-electron chi connectivity index (χ2n) is 6.06. The van der Waals surface area contributed by atoms with E-state index in [4.69, 9.17) is 11.6 Å². The number of hydrogen-bond acceptors (Lipinski definition) is 6. The first-order valence-corrected chi connectivity index (χ1v) is 11.2. The van der Waals surface area contributed by atoms with Crippen LogP contribution in [0.1, 0.15) is 28.5 Å². The molecule has 1 fully saturated rings. The maximum atomic E-state index is 12.3. The smallest absolute Gasteiger partial charge is 0.191 e. The van der Waals surface area contributed by atoms with E-state index in [1.54, 1.807) is 30.3 Å². The predicted octanol–water partition coefficient (Wildman–Crippen LogP) is 2.99. The number of ketones is 1. The molecule has 1 saturated heterocycles. The van der Waals surface area contributed by atoms with Gasteiger partial charge in [-0.1, -0.05) is 29.4 Å². The zero-order chi connectivity index (χ0) is 18.7. The lowest BCUT2D eigenvalue weighted by molar-refractivity contribution is 0.102. The van der Waals surface area contributed by atoms with Crippen molar-refractivity contribution in [1.29, 1.82) is 0 Å². The first-order chi connectivity index (χ1) is 12.4. The third-order valence-corrected chi connectivity index (χ3v) is 7.14. The van der Waals surface area contributed by atoms with Crippen molar-refractivity contribution >= 4 is 39.0 Å². The molecule has 1 aliphatic heterocycles. The number of benzene rings is 1. The van der Waals surface area contributed by atoms with Gasteiger partial charge in [-0.15, -0.1) is 16.8 Å². The Morgan fingerprint density at radius 3 is 2.69 bits per heavy atom. The Balaban J connectivity index is 1.74. The van der Waals surface area contributed by atoms with Gasteiger partial charge in [0.15, 0.2) is 20.8 Å². The molecule has 138 valence electrons. The van der Waals surface area contributed by atoms with Gasteiger partial charge in [0.25, 0.3) is 0 Å². The van der Waals surface area contributed by atoms with Gasteiger partial charge >= 0.3 is 0 Å². The van der Waals surface area contributed by atoms with Crippen LogP contribution in [0.25, 0.3) is 0 Å². The number of Topliss-reactive ketones (excluding diaryl/α,β-unsaturated/α-hetero) is 1. The van der Waals surface area contributed by atoms with Crippen molar-refractivity contribution in [1.82, 2.24) is 14.8 Å². The highest BCUT2D eigenvalue weighted by Gasteiger charge is 2.33. The van der Waals surface area contributed by atoms with Gasteiger partial charge in [-0.3, -0.25) is 4.79 Å². The number of thioether (sulfide) groups is 1. The van der Waals surface area contributed by atoms with Gasteiger partial charge in [0.1, 0.15) is 5.82 Å². The summed E-state index contributed by atoms with van der Waals surface area (Å²) in [7, 11) is -3.01. The molecular weight excluding hydrogens is 394 g/mol. The number of aromatic nitrogens is 3. The van der Waals surface area contributed by atoms with Crippen LogP contribution in [-0.4, -0.2) is 46.2 Å². The Labute approximate surface area is 161 Å². The van der Waals surface area contributed by atoms with Crippen molar-refractivity contribution < 1.29 is 13.2 Å². The first-order valence-electron chi connectivity index (χ1n) is 8.05. The zero-order valence-electron chi connectivity index (χ0n) is 14.0. The maximum Gasteiger partial charge on any atom is 0.191 e. The van der Waals surface area contributed by atoms with E-state index in [0.717, 1.165) is 0 Å². The van der Waals surface area contributed by atoms with Crippen LogP contribution < -0.4 is 0 Å². The molecule has 0 amide bonds. The van der Waals surface area contributed by atoms with E-state index in [1.165, 1.54) is 11.8 Å². The van der Waals surface area contributed by atoms with Gasteiger partial charge in [-0.05, 0) is 30.7 Å². The Morgan fingerprint density at radius 2 is 2.08 bits per heavy atom. The lowest BCUT2D eigenvalue weighted by Gasteiger charge is -2.11. The van der Waals surface area contributed by atoms with Crippen molar-refractivity contribution in [3.05, 3.63) is 53.3 Å². The molecule has 3 rings (SSSR count). The molecule has 2 heterocycles. The summed E-state index contributed by atoms with van der Waals surface area (Å²) in [5, 5.41) is 9.53. The number of nitrogens with zero attached hydrogens (tertiary/aromatic N) is 3. The monoisotopic (exact) mass is 411 g/mol. The quantitative estimate of drug-likeness (QED) is 0.395. The van der Waals surface area contributed by atoms with Gasteiger partial charge in [-0.2, -0.15) is 0 Å². The molecule has 0 spiro atoms. The highest BCUT2D eigenvalue weighted by atomic mass is 35.5. The molecule has 1 aliphatic rings. The third-order valence-electron chi connectivity index (χ3n) is 4.15. The van der Waals surface area contributed by atoms with Gasteiger partial charge in [0.2, 0.25) is 0 Å². The highest BCUT2D eigenvalue weighted by molar-refractivity contribution is 7.99. The van der Waals surface area contributed by atoms with E-state index in [0.29, 0.717) is 34.5 Å². The fourth-order valence-electron chi connectivity index (χ4n) is 2.86. The van der Waals surface area contributed by atoms with Gasteiger partial charge in [0, 0.05) is 23.0 Å². The molecule has 0 aliphatic carbocycles. The van der Waals surface area contributed by atoms with Crippen molar-refractivity contribution in [3.63, 3.8) is 0 Å². The molecule has 0 bridgehead atoms. The number of carbonyl (C=O) groups is 1. The minimum atomic E-state index is -3.01. The van der Waals surface area contributed by atoms with Gasteiger partial charge < -0.3 is 4.57 Å². The molecule has 0 radical (unpaired) electrons. The molecule has 1 aromatic carbocycles. The van der Waals surface area contributed by atoms with Crippen LogP contribution in [0.3, 0.4) is 0 Å². The van der Waals surface area contributed by atoms with E-state index in [-0.39, 0.29) is 29.0 Å². The normalized spacial score (nSPS) is 18.7. The summed E-state index contributed by atoms with van der Waals surface area (Å²) >= 11 is 7.12. The second-order valence-corrected chi connectivity index (χ2v) is 9.67. The largest absolute Gasteiger partial charge is 0.302 e. The van der Waals surface area contributed by atoms with Crippen LogP contribution in [-0.2, 0) is 16.4 Å². The number of halogens is 1. The molecular formula is C17H18ClN3O3S2. The molecule has 1 unspecified atom stereocenters. The van der Waals surface area contributed by atoms with Gasteiger partial charge in [-0.25, -0.2) is 8.42 Å².